The molecular formula is C13H16N4O2. The van der Waals surface area contributed by atoms with E-state index < -0.39 is 5.97 Å². The smallest absolute Gasteiger partial charge is 0.339 e. The lowest BCUT2D eigenvalue weighted by atomic mass is 10.2. The van der Waals surface area contributed by atoms with E-state index in [0.717, 1.165) is 11.4 Å². The highest BCUT2D eigenvalue weighted by Gasteiger charge is 2.12. The van der Waals surface area contributed by atoms with E-state index in [2.05, 4.69) is 15.4 Å². The van der Waals surface area contributed by atoms with Crippen LogP contribution in [-0.4, -0.2) is 25.8 Å². The fourth-order valence-electron chi connectivity index (χ4n) is 1.67. The highest BCUT2D eigenvalue weighted by Crippen LogP contribution is 2.21. The van der Waals surface area contributed by atoms with E-state index in [1.165, 1.54) is 6.20 Å². The quantitative estimate of drug-likeness (QED) is 0.883. The molecule has 100 valence electrons. The van der Waals surface area contributed by atoms with E-state index in [-0.39, 0.29) is 11.6 Å². The van der Waals surface area contributed by atoms with Gasteiger partial charge in [-0.3, -0.25) is 9.67 Å². The fraction of sp³-hybridized carbons (Fsp3) is 0.308. The predicted octanol–water partition coefficient (Wildman–Crippen LogP) is 2.61. The van der Waals surface area contributed by atoms with Crippen molar-refractivity contribution in [3.8, 4) is 0 Å². The van der Waals surface area contributed by atoms with Crippen LogP contribution < -0.4 is 5.32 Å². The lowest BCUT2D eigenvalue weighted by molar-refractivity contribution is 0.0697. The number of nitrogens with one attached hydrogen (secondary N) is 1. The largest absolute Gasteiger partial charge is 0.478 e. The predicted molar refractivity (Wildman–Crippen MR) is 71.8 cm³/mol. The molecule has 6 nitrogen and oxygen atoms in total. The highest BCUT2D eigenvalue weighted by atomic mass is 16.4. The van der Waals surface area contributed by atoms with Crippen molar-refractivity contribution in [2.24, 2.45) is 0 Å². The Balaban J connectivity index is 2.31. The maximum Gasteiger partial charge on any atom is 0.339 e. The van der Waals surface area contributed by atoms with Gasteiger partial charge in [0.1, 0.15) is 5.56 Å². The topological polar surface area (TPSA) is 80.0 Å². The highest BCUT2D eigenvalue weighted by molar-refractivity contribution is 5.94. The molecule has 0 atom stereocenters. The number of anilines is 2. The molecule has 2 aromatic heterocycles. The van der Waals surface area contributed by atoms with Crippen LogP contribution in [0, 0.1) is 6.92 Å². The van der Waals surface area contributed by atoms with Gasteiger partial charge >= 0.3 is 5.97 Å². The third-order valence-corrected chi connectivity index (χ3v) is 2.68. The first-order valence-electron chi connectivity index (χ1n) is 5.98. The average Bonchev–Trinajstić information content (AvgIpc) is 2.77. The van der Waals surface area contributed by atoms with Gasteiger partial charge in [-0.1, -0.05) is 0 Å². The van der Waals surface area contributed by atoms with Gasteiger partial charge in [0, 0.05) is 24.1 Å². The molecule has 19 heavy (non-hydrogen) atoms. The normalized spacial score (nSPS) is 10.7. The summed E-state index contributed by atoms with van der Waals surface area (Å²) in [7, 11) is 0. The molecule has 0 aliphatic carbocycles. The van der Waals surface area contributed by atoms with Gasteiger partial charge in [0.15, 0.2) is 0 Å². The Labute approximate surface area is 111 Å². The number of hydrogen-bond donors (Lipinski definition) is 2. The Morgan fingerprint density at radius 2 is 2.16 bits per heavy atom. The lowest BCUT2D eigenvalue weighted by Crippen LogP contribution is -2.04. The number of rotatable bonds is 4. The Kier molecular flexibility index (Phi) is 3.50. The summed E-state index contributed by atoms with van der Waals surface area (Å²) >= 11 is 0. The van der Waals surface area contributed by atoms with Crippen molar-refractivity contribution in [1.82, 2.24) is 14.8 Å². The molecule has 0 amide bonds. The van der Waals surface area contributed by atoms with Crippen LogP contribution in [0.1, 0.15) is 35.9 Å². The summed E-state index contributed by atoms with van der Waals surface area (Å²) in [6.45, 7) is 5.86. The van der Waals surface area contributed by atoms with Crippen molar-refractivity contribution in [1.29, 1.82) is 0 Å². The molecule has 2 heterocycles. The first-order chi connectivity index (χ1) is 8.97. The fourth-order valence-corrected chi connectivity index (χ4v) is 1.67. The molecule has 0 saturated heterocycles. The van der Waals surface area contributed by atoms with Gasteiger partial charge in [-0.15, -0.1) is 0 Å². The second kappa shape index (κ2) is 5.09. The van der Waals surface area contributed by atoms with Crippen LogP contribution in [-0.2, 0) is 0 Å². The molecule has 6 heteroatoms. The number of aryl methyl sites for hydroxylation is 1. The minimum Gasteiger partial charge on any atom is -0.478 e. The third-order valence-electron chi connectivity index (χ3n) is 2.68. The monoisotopic (exact) mass is 260 g/mol. The minimum absolute atomic E-state index is 0.142. The van der Waals surface area contributed by atoms with E-state index in [4.69, 9.17) is 5.11 Å². The summed E-state index contributed by atoms with van der Waals surface area (Å²) in [5.41, 5.74) is 2.16. The molecule has 0 bridgehead atoms. The van der Waals surface area contributed by atoms with Gasteiger partial charge in [-0.05, 0) is 26.8 Å². The maximum atomic E-state index is 11.1. The zero-order valence-electron chi connectivity index (χ0n) is 11.1. The van der Waals surface area contributed by atoms with Crippen molar-refractivity contribution in [2.75, 3.05) is 5.32 Å². The first kappa shape index (κ1) is 13.1. The number of aromatic nitrogens is 3. The number of pyridine rings is 1. The lowest BCUT2D eigenvalue weighted by Gasteiger charge is -2.08. The number of aromatic carboxylic acids is 1. The summed E-state index contributed by atoms with van der Waals surface area (Å²) in [6.07, 6.45) is 4.86. The van der Waals surface area contributed by atoms with Gasteiger partial charge in [-0.25, -0.2) is 4.79 Å². The summed E-state index contributed by atoms with van der Waals surface area (Å²) in [4.78, 5) is 15.1. The Hall–Kier alpha value is -2.37. The summed E-state index contributed by atoms with van der Waals surface area (Å²) in [6, 6.07) is 1.96. The molecule has 0 fully saturated rings. The molecule has 0 radical (unpaired) electrons. The molecule has 0 unspecified atom stereocenters. The average molecular weight is 260 g/mol. The van der Waals surface area contributed by atoms with Gasteiger partial charge in [0.25, 0.3) is 0 Å². The molecule has 2 rings (SSSR count). The van der Waals surface area contributed by atoms with Crippen molar-refractivity contribution in [3.63, 3.8) is 0 Å². The Morgan fingerprint density at radius 1 is 1.42 bits per heavy atom. The van der Waals surface area contributed by atoms with Gasteiger partial charge in [-0.2, -0.15) is 5.10 Å². The SMILES string of the molecule is Cc1cc(Nc2cnn(C(C)C)c2)c(C(=O)O)cn1. The molecule has 0 aliphatic heterocycles. The molecular weight excluding hydrogens is 244 g/mol. The van der Waals surface area contributed by atoms with Crippen LogP contribution in [0.25, 0.3) is 0 Å². The number of carbonyl (C=O) groups is 1. The van der Waals surface area contributed by atoms with Crippen LogP contribution in [0.4, 0.5) is 11.4 Å². The van der Waals surface area contributed by atoms with Crippen LogP contribution in [0.3, 0.4) is 0 Å². The number of carboxylic acid groups (broad SMARTS) is 1. The van der Waals surface area contributed by atoms with E-state index in [0.29, 0.717) is 5.69 Å². The Bertz CT molecular complexity index is 604. The van der Waals surface area contributed by atoms with Gasteiger partial charge in [0.05, 0.1) is 17.6 Å². The molecule has 0 aromatic carbocycles. The van der Waals surface area contributed by atoms with Crippen molar-refractivity contribution >= 4 is 17.3 Å². The van der Waals surface area contributed by atoms with Crippen LogP contribution in [0.15, 0.2) is 24.7 Å². The van der Waals surface area contributed by atoms with Gasteiger partial charge in [0.2, 0.25) is 0 Å². The van der Waals surface area contributed by atoms with Crippen molar-refractivity contribution in [2.45, 2.75) is 26.8 Å². The Morgan fingerprint density at radius 3 is 2.74 bits per heavy atom. The van der Waals surface area contributed by atoms with Gasteiger partial charge < -0.3 is 10.4 Å². The maximum absolute atomic E-state index is 11.1. The van der Waals surface area contributed by atoms with E-state index in [1.54, 1.807) is 16.9 Å². The molecule has 0 saturated carbocycles. The molecule has 2 N–H and O–H groups in total. The van der Waals surface area contributed by atoms with E-state index in [9.17, 15) is 4.79 Å². The van der Waals surface area contributed by atoms with E-state index >= 15 is 0 Å². The first-order valence-corrected chi connectivity index (χ1v) is 5.98. The number of nitrogens with zero attached hydrogens (tertiary/aromatic N) is 3. The van der Waals surface area contributed by atoms with E-state index in [1.807, 2.05) is 27.0 Å². The zero-order chi connectivity index (χ0) is 14.0. The van der Waals surface area contributed by atoms with Crippen LogP contribution in [0.2, 0.25) is 0 Å². The number of carboxylic acids is 1. The van der Waals surface area contributed by atoms with Crippen LogP contribution >= 0.6 is 0 Å². The number of hydrogen-bond acceptors (Lipinski definition) is 4. The molecule has 0 aliphatic rings. The third kappa shape index (κ3) is 2.90. The standard InChI is InChI=1S/C13H16N4O2/c1-8(2)17-7-10(5-15-17)16-12-4-9(3)14-6-11(12)13(18)19/h4-8H,1-3H3,(H,14,16)(H,18,19). The molecule has 0 spiro atoms. The second-order valence-corrected chi connectivity index (χ2v) is 4.60. The van der Waals surface area contributed by atoms with Crippen molar-refractivity contribution < 1.29 is 9.90 Å². The molecule has 2 aromatic rings. The summed E-state index contributed by atoms with van der Waals surface area (Å²) in [5.74, 6) is -1.01. The second-order valence-electron chi connectivity index (χ2n) is 4.60. The zero-order valence-corrected chi connectivity index (χ0v) is 11.1. The summed E-state index contributed by atoms with van der Waals surface area (Å²) < 4.78 is 1.80. The summed E-state index contributed by atoms with van der Waals surface area (Å²) in [5, 5.41) is 16.4. The minimum atomic E-state index is -1.01. The van der Waals surface area contributed by atoms with Crippen LogP contribution in [0.5, 0.6) is 0 Å². The van der Waals surface area contributed by atoms with Crippen molar-refractivity contribution in [3.05, 3.63) is 35.9 Å².